The highest BCUT2D eigenvalue weighted by Crippen LogP contribution is 2.33. The quantitative estimate of drug-likeness (QED) is 0.430. The normalized spacial score (nSPS) is 15.7. The van der Waals surface area contributed by atoms with E-state index in [-0.39, 0.29) is 10.8 Å². The fraction of sp³-hybridized carbons (Fsp3) is 0.176. The van der Waals surface area contributed by atoms with E-state index < -0.39 is 4.92 Å². The monoisotopic (exact) mass is 374 g/mol. The Hall–Kier alpha value is -2.32. The molecule has 0 atom stereocenters. The second kappa shape index (κ2) is 7.28. The zero-order chi connectivity index (χ0) is 18.0. The SMILES string of the molecule is CCSC1=N/C(=C/c2ccc(-c3ccc([N+](=O)[O-])cc3C)o2)C(=O)S1. The summed E-state index contributed by atoms with van der Waals surface area (Å²) < 4.78 is 6.52. The average molecular weight is 374 g/mol. The fourth-order valence-corrected chi connectivity index (χ4v) is 4.06. The molecule has 2 heterocycles. The lowest BCUT2D eigenvalue weighted by atomic mass is 10.1. The number of furan rings is 1. The van der Waals surface area contributed by atoms with Crippen molar-refractivity contribution in [2.24, 2.45) is 4.99 Å². The molecule has 1 aliphatic heterocycles. The number of nitrogens with zero attached hydrogens (tertiary/aromatic N) is 2. The molecule has 3 rings (SSSR count). The molecular formula is C17H14N2O4S2. The number of rotatable bonds is 4. The number of carbonyl (C=O) groups excluding carboxylic acids is 1. The van der Waals surface area contributed by atoms with E-state index in [4.69, 9.17) is 4.42 Å². The summed E-state index contributed by atoms with van der Waals surface area (Å²) >= 11 is 2.66. The zero-order valence-corrected chi connectivity index (χ0v) is 15.1. The molecule has 0 saturated carbocycles. The Morgan fingerprint density at radius 2 is 2.16 bits per heavy atom. The van der Waals surface area contributed by atoms with E-state index in [1.54, 1.807) is 31.2 Å². The summed E-state index contributed by atoms with van der Waals surface area (Å²) in [7, 11) is 0. The maximum Gasteiger partial charge on any atom is 0.269 e. The molecule has 25 heavy (non-hydrogen) atoms. The molecule has 0 unspecified atom stereocenters. The number of thioether (sulfide) groups is 2. The topological polar surface area (TPSA) is 85.7 Å². The van der Waals surface area contributed by atoms with Gasteiger partial charge in [0.05, 0.1) is 4.92 Å². The van der Waals surface area contributed by atoms with Crippen molar-refractivity contribution in [3.63, 3.8) is 0 Å². The molecule has 6 nitrogen and oxygen atoms in total. The number of nitro groups is 1. The first-order chi connectivity index (χ1) is 12.0. The van der Waals surface area contributed by atoms with Crippen LogP contribution in [0.3, 0.4) is 0 Å². The first kappa shape index (κ1) is 17.5. The standard InChI is InChI=1S/C17H14N2O4S2/c1-3-24-17-18-14(16(20)25-17)9-12-5-7-15(23-12)13-6-4-11(19(21)22)8-10(13)2/h4-9H,3H2,1-2H3/b14-9+. The minimum Gasteiger partial charge on any atom is -0.457 e. The predicted molar refractivity (Wildman–Crippen MR) is 102 cm³/mol. The van der Waals surface area contributed by atoms with Crippen molar-refractivity contribution in [2.45, 2.75) is 13.8 Å². The molecule has 1 aromatic carbocycles. The number of hydrogen-bond donors (Lipinski definition) is 0. The molecule has 0 bridgehead atoms. The summed E-state index contributed by atoms with van der Waals surface area (Å²) in [5, 5.41) is 10.7. The molecule has 0 fully saturated rings. The summed E-state index contributed by atoms with van der Waals surface area (Å²) in [5.41, 5.74) is 1.92. The number of non-ortho nitro benzene ring substituents is 1. The largest absolute Gasteiger partial charge is 0.457 e. The van der Waals surface area contributed by atoms with E-state index in [0.717, 1.165) is 33.0 Å². The van der Waals surface area contributed by atoms with Crippen LogP contribution in [0.4, 0.5) is 5.69 Å². The molecule has 2 aromatic rings. The van der Waals surface area contributed by atoms with Crippen LogP contribution in [0.1, 0.15) is 18.2 Å². The van der Waals surface area contributed by atoms with Gasteiger partial charge in [-0.1, -0.05) is 18.7 Å². The average Bonchev–Trinajstić information content (AvgIpc) is 3.15. The van der Waals surface area contributed by atoms with Gasteiger partial charge in [0.2, 0.25) is 5.12 Å². The molecule has 0 amide bonds. The second-order valence-electron chi connectivity index (χ2n) is 5.19. The lowest BCUT2D eigenvalue weighted by Gasteiger charge is -2.02. The van der Waals surface area contributed by atoms with Gasteiger partial charge in [0.1, 0.15) is 21.6 Å². The molecule has 8 heteroatoms. The van der Waals surface area contributed by atoms with Crippen molar-refractivity contribution in [1.29, 1.82) is 0 Å². The van der Waals surface area contributed by atoms with E-state index >= 15 is 0 Å². The first-order valence-corrected chi connectivity index (χ1v) is 9.28. The van der Waals surface area contributed by atoms with E-state index in [9.17, 15) is 14.9 Å². The lowest BCUT2D eigenvalue weighted by molar-refractivity contribution is -0.384. The van der Waals surface area contributed by atoms with Crippen molar-refractivity contribution in [3.8, 4) is 11.3 Å². The van der Waals surface area contributed by atoms with Crippen LogP contribution in [-0.4, -0.2) is 20.2 Å². The molecule has 0 saturated heterocycles. The highest BCUT2D eigenvalue weighted by Gasteiger charge is 2.22. The smallest absolute Gasteiger partial charge is 0.269 e. The Morgan fingerprint density at radius 3 is 2.84 bits per heavy atom. The first-order valence-electron chi connectivity index (χ1n) is 7.48. The molecule has 0 aliphatic carbocycles. The van der Waals surface area contributed by atoms with Crippen molar-refractivity contribution in [2.75, 3.05) is 5.75 Å². The van der Waals surface area contributed by atoms with Gasteiger partial charge in [-0.05, 0) is 48.2 Å². The number of benzene rings is 1. The Balaban J connectivity index is 1.87. The van der Waals surface area contributed by atoms with Gasteiger partial charge in [-0.2, -0.15) is 0 Å². The van der Waals surface area contributed by atoms with Crippen molar-refractivity contribution in [1.82, 2.24) is 0 Å². The van der Waals surface area contributed by atoms with Gasteiger partial charge >= 0.3 is 0 Å². The summed E-state index contributed by atoms with van der Waals surface area (Å²) in [5.74, 6) is 1.96. The van der Waals surface area contributed by atoms with E-state index in [1.165, 1.54) is 23.9 Å². The van der Waals surface area contributed by atoms with Crippen LogP contribution in [0.2, 0.25) is 0 Å². The molecule has 0 N–H and O–H groups in total. The predicted octanol–water partition coefficient (Wildman–Crippen LogP) is 4.89. The van der Waals surface area contributed by atoms with Crippen LogP contribution < -0.4 is 0 Å². The third-order valence-electron chi connectivity index (χ3n) is 3.46. The molecule has 128 valence electrons. The Kier molecular flexibility index (Phi) is 5.10. The third kappa shape index (κ3) is 3.85. The number of carbonyl (C=O) groups is 1. The number of aryl methyl sites for hydroxylation is 1. The molecule has 1 aromatic heterocycles. The number of aliphatic imine (C=N–C) groups is 1. The molecule has 0 radical (unpaired) electrons. The van der Waals surface area contributed by atoms with Crippen LogP contribution in [-0.2, 0) is 4.79 Å². The van der Waals surface area contributed by atoms with Gasteiger partial charge in [-0.3, -0.25) is 14.9 Å². The summed E-state index contributed by atoms with van der Waals surface area (Å²) in [6.07, 6.45) is 1.61. The van der Waals surface area contributed by atoms with Crippen molar-refractivity contribution >= 4 is 44.8 Å². The van der Waals surface area contributed by atoms with Gasteiger partial charge in [0, 0.05) is 23.8 Å². The minimum absolute atomic E-state index is 0.0408. The second-order valence-corrected chi connectivity index (χ2v) is 7.66. The van der Waals surface area contributed by atoms with Crippen LogP contribution in [0.5, 0.6) is 0 Å². The maximum atomic E-state index is 12.0. The summed E-state index contributed by atoms with van der Waals surface area (Å²) in [6, 6.07) is 8.14. The Bertz CT molecular complexity index is 915. The van der Waals surface area contributed by atoms with Crippen LogP contribution in [0, 0.1) is 17.0 Å². The molecular weight excluding hydrogens is 360 g/mol. The zero-order valence-electron chi connectivity index (χ0n) is 13.5. The minimum atomic E-state index is -0.429. The molecule has 0 spiro atoms. The summed E-state index contributed by atoms with van der Waals surface area (Å²) in [6.45, 7) is 3.80. The van der Waals surface area contributed by atoms with Crippen molar-refractivity contribution < 1.29 is 14.1 Å². The highest BCUT2D eigenvalue weighted by molar-refractivity contribution is 8.45. The van der Waals surface area contributed by atoms with Gasteiger partial charge in [-0.25, -0.2) is 4.99 Å². The number of nitro benzene ring substituents is 1. The van der Waals surface area contributed by atoms with Gasteiger partial charge < -0.3 is 4.42 Å². The van der Waals surface area contributed by atoms with Crippen molar-refractivity contribution in [3.05, 3.63) is 57.5 Å². The number of hydrogen-bond acceptors (Lipinski definition) is 7. The van der Waals surface area contributed by atoms with Crippen LogP contribution in [0.25, 0.3) is 17.4 Å². The van der Waals surface area contributed by atoms with Gasteiger partial charge in [-0.15, -0.1) is 0 Å². The van der Waals surface area contributed by atoms with E-state index in [1.807, 2.05) is 6.92 Å². The Morgan fingerprint density at radius 1 is 1.36 bits per heavy atom. The van der Waals surface area contributed by atoms with Crippen LogP contribution >= 0.6 is 23.5 Å². The van der Waals surface area contributed by atoms with Gasteiger partial charge in [0.25, 0.3) is 5.69 Å². The maximum absolute atomic E-state index is 12.0. The lowest BCUT2D eigenvalue weighted by Crippen LogP contribution is -1.89. The Labute approximate surface area is 152 Å². The van der Waals surface area contributed by atoms with E-state index in [0.29, 0.717) is 17.2 Å². The molecule has 1 aliphatic rings. The highest BCUT2D eigenvalue weighted by atomic mass is 32.2. The summed E-state index contributed by atoms with van der Waals surface area (Å²) in [4.78, 5) is 26.7. The van der Waals surface area contributed by atoms with Gasteiger partial charge in [0.15, 0.2) is 0 Å². The third-order valence-corrected chi connectivity index (χ3v) is 5.35. The fourth-order valence-electron chi connectivity index (χ4n) is 2.32. The van der Waals surface area contributed by atoms with Crippen LogP contribution in [0.15, 0.2) is 45.4 Å². The van der Waals surface area contributed by atoms with E-state index in [2.05, 4.69) is 4.99 Å².